The van der Waals surface area contributed by atoms with Gasteiger partial charge in [0.25, 0.3) is 0 Å². The molecule has 1 amide bonds. The molecule has 0 saturated carbocycles. The molecule has 2 aliphatic heterocycles. The maximum atomic E-state index is 15.7. The number of hydrogen-bond acceptors (Lipinski definition) is 6. The quantitative estimate of drug-likeness (QED) is 0.566. The van der Waals surface area contributed by atoms with Gasteiger partial charge in [-0.3, -0.25) is 0 Å². The summed E-state index contributed by atoms with van der Waals surface area (Å²) in [6, 6.07) is 2.86. The number of phenols is 1. The molecule has 2 aromatic carbocycles. The topological polar surface area (TPSA) is 99.0 Å². The fourth-order valence-corrected chi connectivity index (χ4v) is 4.74. The van der Waals surface area contributed by atoms with Gasteiger partial charge in [-0.15, -0.1) is 0 Å². The van der Waals surface area contributed by atoms with Gasteiger partial charge in [-0.2, -0.15) is 0 Å². The van der Waals surface area contributed by atoms with Gasteiger partial charge in [0.2, 0.25) is 0 Å². The third kappa shape index (κ3) is 2.89. The summed E-state index contributed by atoms with van der Waals surface area (Å²) in [5, 5.41) is 19.7. The third-order valence-electron chi connectivity index (χ3n) is 5.92. The molecule has 11 heteroatoms. The largest absolute Gasteiger partial charge is 0.507 e. The van der Waals surface area contributed by atoms with Crippen molar-refractivity contribution in [3.05, 3.63) is 41.2 Å². The molecule has 166 valence electrons. The summed E-state index contributed by atoms with van der Waals surface area (Å²) >= 11 is 6.53. The van der Waals surface area contributed by atoms with E-state index in [-0.39, 0.29) is 46.4 Å². The average molecular weight is 463 g/mol. The van der Waals surface area contributed by atoms with Crippen LogP contribution >= 0.6 is 11.6 Å². The van der Waals surface area contributed by atoms with Crippen LogP contribution in [0, 0.1) is 11.6 Å². The van der Waals surface area contributed by atoms with E-state index < -0.39 is 35.1 Å². The van der Waals surface area contributed by atoms with Crippen molar-refractivity contribution in [1.29, 1.82) is 0 Å². The van der Waals surface area contributed by atoms with Crippen LogP contribution in [0.25, 0.3) is 22.0 Å². The number of anilines is 1. The standard InChI is InChI=1S/C21H17ClF2N4O4/c1-9-5-28-10(6-27(9)21(30)31)7-32-19-15-18(25-8-26-20(15)28)17(24)14(16(19)22)13-11(23)3-2-4-12(13)29/h2-4,8-10,29H,5-7H2,1H3,(H,30,31)/t9-,10+/m1/s1. The van der Waals surface area contributed by atoms with Crippen LogP contribution in [0.3, 0.4) is 0 Å². The second kappa shape index (κ2) is 7.33. The summed E-state index contributed by atoms with van der Waals surface area (Å²) in [6.45, 7) is 2.26. The molecule has 0 spiro atoms. The number of nitrogens with zero attached hydrogens (tertiary/aromatic N) is 4. The molecule has 8 nitrogen and oxygen atoms in total. The first kappa shape index (κ1) is 20.5. The first-order valence-electron chi connectivity index (χ1n) is 9.82. The Balaban J connectivity index is 1.75. The van der Waals surface area contributed by atoms with Crippen molar-refractivity contribution < 1.29 is 28.5 Å². The molecule has 5 rings (SSSR count). The van der Waals surface area contributed by atoms with E-state index in [1.807, 2.05) is 4.90 Å². The van der Waals surface area contributed by atoms with Crippen molar-refractivity contribution >= 4 is 34.4 Å². The summed E-state index contributed by atoms with van der Waals surface area (Å²) in [5.74, 6) is -1.85. The fourth-order valence-electron chi connectivity index (χ4n) is 4.41. The van der Waals surface area contributed by atoms with Gasteiger partial charge in [-0.25, -0.2) is 23.5 Å². The Morgan fingerprint density at radius 1 is 1.25 bits per heavy atom. The minimum atomic E-state index is -1.05. The lowest BCUT2D eigenvalue weighted by Crippen LogP contribution is -2.60. The zero-order valence-electron chi connectivity index (χ0n) is 16.7. The van der Waals surface area contributed by atoms with Gasteiger partial charge < -0.3 is 24.7 Å². The monoisotopic (exact) mass is 462 g/mol. The Kier molecular flexibility index (Phi) is 4.70. The predicted molar refractivity (Wildman–Crippen MR) is 112 cm³/mol. The molecule has 1 fully saturated rings. The molecule has 3 heterocycles. The number of aromatic nitrogens is 2. The number of hydrogen-bond donors (Lipinski definition) is 2. The summed E-state index contributed by atoms with van der Waals surface area (Å²) in [7, 11) is 0. The van der Waals surface area contributed by atoms with Crippen LogP contribution in [0.4, 0.5) is 19.4 Å². The van der Waals surface area contributed by atoms with Crippen molar-refractivity contribution in [3.8, 4) is 22.6 Å². The minimum absolute atomic E-state index is 0.0377. The maximum absolute atomic E-state index is 15.7. The highest BCUT2D eigenvalue weighted by molar-refractivity contribution is 6.36. The van der Waals surface area contributed by atoms with Gasteiger partial charge >= 0.3 is 6.09 Å². The van der Waals surface area contributed by atoms with E-state index in [0.717, 1.165) is 6.07 Å². The van der Waals surface area contributed by atoms with Gasteiger partial charge in [-0.1, -0.05) is 17.7 Å². The van der Waals surface area contributed by atoms with Crippen LogP contribution in [0.15, 0.2) is 24.5 Å². The predicted octanol–water partition coefficient (Wildman–Crippen LogP) is 3.88. The van der Waals surface area contributed by atoms with Gasteiger partial charge in [0.05, 0.1) is 22.0 Å². The van der Waals surface area contributed by atoms with E-state index in [1.54, 1.807) is 6.92 Å². The van der Waals surface area contributed by atoms with Gasteiger partial charge in [-0.05, 0) is 19.1 Å². The summed E-state index contributed by atoms with van der Waals surface area (Å²) in [4.78, 5) is 23.2. The molecule has 32 heavy (non-hydrogen) atoms. The fraction of sp³-hybridized carbons (Fsp3) is 0.286. The number of fused-ring (bicyclic) bond motifs is 2. The van der Waals surface area contributed by atoms with Crippen LogP contribution in [0.2, 0.25) is 5.02 Å². The lowest BCUT2D eigenvalue weighted by atomic mass is 10.00. The van der Waals surface area contributed by atoms with Crippen molar-refractivity contribution in [3.63, 3.8) is 0 Å². The maximum Gasteiger partial charge on any atom is 0.407 e. The zero-order chi connectivity index (χ0) is 22.7. The average Bonchev–Trinajstić information content (AvgIpc) is 2.91. The number of phenolic OH excluding ortho intramolecular Hbond substituents is 1. The summed E-state index contributed by atoms with van der Waals surface area (Å²) < 4.78 is 36.2. The van der Waals surface area contributed by atoms with Crippen molar-refractivity contribution in [2.24, 2.45) is 0 Å². The Hall–Kier alpha value is -3.40. The van der Waals surface area contributed by atoms with Crippen molar-refractivity contribution in [2.75, 3.05) is 24.6 Å². The Morgan fingerprint density at radius 2 is 2.03 bits per heavy atom. The Morgan fingerprint density at radius 3 is 2.75 bits per heavy atom. The molecule has 2 N–H and O–H groups in total. The van der Waals surface area contributed by atoms with E-state index in [9.17, 15) is 19.4 Å². The van der Waals surface area contributed by atoms with Crippen molar-refractivity contribution in [2.45, 2.75) is 19.0 Å². The number of piperazine rings is 1. The number of aromatic hydroxyl groups is 1. The summed E-state index contributed by atoms with van der Waals surface area (Å²) in [6.07, 6.45) is 0.133. The number of carbonyl (C=O) groups is 1. The number of rotatable bonds is 1. The van der Waals surface area contributed by atoms with E-state index >= 15 is 4.39 Å². The van der Waals surface area contributed by atoms with Gasteiger partial charge in [0, 0.05) is 24.7 Å². The Bertz CT molecular complexity index is 1250. The van der Waals surface area contributed by atoms with Crippen LogP contribution in [0.1, 0.15) is 6.92 Å². The molecule has 3 aromatic rings. The number of halogens is 3. The van der Waals surface area contributed by atoms with Crippen LogP contribution in [0.5, 0.6) is 11.5 Å². The number of ether oxygens (including phenoxy) is 1. The lowest BCUT2D eigenvalue weighted by Gasteiger charge is -2.43. The first-order valence-corrected chi connectivity index (χ1v) is 10.2. The minimum Gasteiger partial charge on any atom is -0.507 e. The van der Waals surface area contributed by atoms with Crippen LogP contribution < -0.4 is 9.64 Å². The highest BCUT2D eigenvalue weighted by atomic mass is 35.5. The van der Waals surface area contributed by atoms with E-state index in [0.29, 0.717) is 12.4 Å². The first-order chi connectivity index (χ1) is 15.3. The Labute approximate surface area is 185 Å². The molecular formula is C21H17ClF2N4O4. The molecule has 0 radical (unpaired) electrons. The van der Waals surface area contributed by atoms with Crippen LogP contribution in [-0.2, 0) is 0 Å². The number of amides is 1. The SMILES string of the molecule is C[C@@H]1CN2c3ncnc4c(F)c(-c5c(O)cccc5F)c(Cl)c(c34)OC[C@@H]2CN1C(=O)O. The molecule has 1 aromatic heterocycles. The van der Waals surface area contributed by atoms with E-state index in [4.69, 9.17) is 16.3 Å². The molecule has 1 saturated heterocycles. The smallest absolute Gasteiger partial charge is 0.407 e. The molecule has 0 aliphatic carbocycles. The van der Waals surface area contributed by atoms with Gasteiger partial charge in [0.15, 0.2) is 11.6 Å². The van der Waals surface area contributed by atoms with E-state index in [1.165, 1.54) is 23.4 Å². The normalized spacial score (nSPS) is 20.0. The lowest BCUT2D eigenvalue weighted by molar-refractivity contribution is 0.105. The summed E-state index contributed by atoms with van der Waals surface area (Å²) in [5.41, 5.74) is -0.902. The second-order valence-electron chi connectivity index (χ2n) is 7.79. The van der Waals surface area contributed by atoms with Crippen molar-refractivity contribution in [1.82, 2.24) is 14.9 Å². The highest BCUT2D eigenvalue weighted by Gasteiger charge is 2.39. The zero-order valence-corrected chi connectivity index (χ0v) is 17.5. The molecular weight excluding hydrogens is 446 g/mol. The molecule has 2 aliphatic rings. The molecule has 0 unspecified atom stereocenters. The molecule has 2 atom stereocenters. The molecule has 0 bridgehead atoms. The van der Waals surface area contributed by atoms with Gasteiger partial charge in [0.1, 0.15) is 35.8 Å². The number of carboxylic acid groups (broad SMARTS) is 1. The number of benzene rings is 2. The highest BCUT2D eigenvalue weighted by Crippen LogP contribution is 2.49. The third-order valence-corrected chi connectivity index (χ3v) is 6.28. The second-order valence-corrected chi connectivity index (χ2v) is 8.17. The van der Waals surface area contributed by atoms with E-state index in [2.05, 4.69) is 9.97 Å². The van der Waals surface area contributed by atoms with Crippen LogP contribution in [-0.4, -0.2) is 63.0 Å².